The van der Waals surface area contributed by atoms with Gasteiger partial charge in [-0.3, -0.25) is 0 Å². The fraction of sp³-hybridized carbons (Fsp3) is 0.714. The second kappa shape index (κ2) is 5.67. The van der Waals surface area contributed by atoms with Crippen LogP contribution >= 0.6 is 11.8 Å². The molecule has 3 rings (SSSR count). The Morgan fingerprint density at radius 1 is 1.32 bits per heavy atom. The standard InChI is InChI=1S/C14H22N4S/c1-2-9-4-3-5-10(6-9)13-16-12-8-19-7-11(12)14(17-13)18-15/h9-10H,2-8,15H2,1H3,(H,16,17,18). The van der Waals surface area contributed by atoms with E-state index in [0.29, 0.717) is 5.92 Å². The summed E-state index contributed by atoms with van der Waals surface area (Å²) in [6, 6.07) is 0. The zero-order chi connectivity index (χ0) is 13.2. The Hall–Kier alpha value is -0.810. The molecule has 0 amide bonds. The van der Waals surface area contributed by atoms with Crippen LogP contribution in [0.5, 0.6) is 0 Å². The summed E-state index contributed by atoms with van der Waals surface area (Å²) in [7, 11) is 0. The fourth-order valence-corrected chi connectivity index (χ4v) is 4.31. The van der Waals surface area contributed by atoms with Crippen LogP contribution in [0.4, 0.5) is 5.82 Å². The fourth-order valence-electron chi connectivity index (χ4n) is 3.27. The number of hydrazine groups is 1. The van der Waals surface area contributed by atoms with Crippen molar-refractivity contribution in [1.82, 2.24) is 9.97 Å². The molecule has 0 spiro atoms. The Labute approximate surface area is 118 Å². The molecule has 5 heteroatoms. The van der Waals surface area contributed by atoms with Crippen molar-refractivity contribution in [2.45, 2.75) is 56.5 Å². The molecular weight excluding hydrogens is 256 g/mol. The Morgan fingerprint density at radius 2 is 2.21 bits per heavy atom. The van der Waals surface area contributed by atoms with Gasteiger partial charge in [0.1, 0.15) is 11.6 Å². The van der Waals surface area contributed by atoms with Gasteiger partial charge in [0.05, 0.1) is 5.69 Å². The van der Waals surface area contributed by atoms with E-state index in [1.807, 2.05) is 11.8 Å². The van der Waals surface area contributed by atoms with E-state index in [-0.39, 0.29) is 0 Å². The lowest BCUT2D eigenvalue weighted by molar-refractivity contribution is 0.307. The molecule has 104 valence electrons. The normalized spacial score (nSPS) is 26.2. The third kappa shape index (κ3) is 2.58. The number of anilines is 1. The second-order valence-electron chi connectivity index (χ2n) is 5.63. The van der Waals surface area contributed by atoms with E-state index < -0.39 is 0 Å². The van der Waals surface area contributed by atoms with Gasteiger partial charge in [0.15, 0.2) is 0 Å². The molecule has 0 radical (unpaired) electrons. The number of nitrogens with two attached hydrogens (primary N) is 1. The highest BCUT2D eigenvalue weighted by Crippen LogP contribution is 2.39. The highest BCUT2D eigenvalue weighted by atomic mass is 32.2. The molecule has 19 heavy (non-hydrogen) atoms. The molecule has 0 aromatic carbocycles. The van der Waals surface area contributed by atoms with E-state index >= 15 is 0 Å². The average molecular weight is 278 g/mol. The number of aromatic nitrogens is 2. The van der Waals surface area contributed by atoms with Crippen molar-refractivity contribution in [1.29, 1.82) is 0 Å². The topological polar surface area (TPSA) is 63.8 Å². The third-order valence-corrected chi connectivity index (χ3v) is 5.43. The van der Waals surface area contributed by atoms with Crippen LogP contribution in [0.25, 0.3) is 0 Å². The summed E-state index contributed by atoms with van der Waals surface area (Å²) < 4.78 is 0. The highest BCUT2D eigenvalue weighted by Gasteiger charge is 2.27. The van der Waals surface area contributed by atoms with E-state index in [1.165, 1.54) is 43.4 Å². The predicted octanol–water partition coefficient (Wildman–Crippen LogP) is 3.19. The summed E-state index contributed by atoms with van der Waals surface area (Å²) in [5.41, 5.74) is 5.17. The number of nitrogen functional groups attached to an aromatic ring is 1. The minimum Gasteiger partial charge on any atom is -0.308 e. The van der Waals surface area contributed by atoms with Gasteiger partial charge < -0.3 is 5.43 Å². The summed E-state index contributed by atoms with van der Waals surface area (Å²) in [5.74, 6) is 10.9. The van der Waals surface area contributed by atoms with Crippen LogP contribution < -0.4 is 11.3 Å². The minimum atomic E-state index is 0.529. The first-order valence-corrected chi connectivity index (χ1v) is 8.41. The van der Waals surface area contributed by atoms with Gasteiger partial charge in [-0.1, -0.05) is 26.2 Å². The van der Waals surface area contributed by atoms with Crippen molar-refractivity contribution >= 4 is 17.6 Å². The Bertz CT molecular complexity index is 463. The zero-order valence-electron chi connectivity index (χ0n) is 11.5. The van der Waals surface area contributed by atoms with Crippen molar-refractivity contribution in [3.8, 4) is 0 Å². The molecule has 2 heterocycles. The first-order valence-electron chi connectivity index (χ1n) is 7.25. The van der Waals surface area contributed by atoms with E-state index in [4.69, 9.17) is 15.8 Å². The van der Waals surface area contributed by atoms with Crippen molar-refractivity contribution in [2.75, 3.05) is 5.43 Å². The number of fused-ring (bicyclic) bond motifs is 1. The lowest BCUT2D eigenvalue weighted by atomic mass is 9.80. The van der Waals surface area contributed by atoms with Crippen LogP contribution in [0.1, 0.15) is 62.0 Å². The van der Waals surface area contributed by atoms with E-state index in [9.17, 15) is 0 Å². The van der Waals surface area contributed by atoms with Crippen LogP contribution in [-0.2, 0) is 11.5 Å². The van der Waals surface area contributed by atoms with Gasteiger partial charge in [-0.2, -0.15) is 11.8 Å². The molecule has 0 saturated heterocycles. The smallest absolute Gasteiger partial charge is 0.148 e. The maximum absolute atomic E-state index is 5.63. The summed E-state index contributed by atoms with van der Waals surface area (Å²) in [6.07, 6.45) is 6.43. The molecule has 3 N–H and O–H groups in total. The van der Waals surface area contributed by atoms with Crippen LogP contribution in [0, 0.1) is 5.92 Å². The van der Waals surface area contributed by atoms with Crippen LogP contribution in [0.3, 0.4) is 0 Å². The molecule has 1 fully saturated rings. The molecular formula is C14H22N4S. The van der Waals surface area contributed by atoms with Crippen molar-refractivity contribution < 1.29 is 0 Å². The number of thioether (sulfide) groups is 1. The number of hydrogen-bond acceptors (Lipinski definition) is 5. The molecule has 1 saturated carbocycles. The molecule has 4 nitrogen and oxygen atoms in total. The minimum absolute atomic E-state index is 0.529. The SMILES string of the molecule is CCC1CCCC(c2nc3c(c(NN)n2)CSC3)C1. The third-order valence-electron chi connectivity index (χ3n) is 4.46. The lowest BCUT2D eigenvalue weighted by Gasteiger charge is -2.27. The van der Waals surface area contributed by atoms with Crippen molar-refractivity contribution in [3.05, 3.63) is 17.1 Å². The van der Waals surface area contributed by atoms with Gasteiger partial charge in [0.25, 0.3) is 0 Å². The Kier molecular flexibility index (Phi) is 3.93. The number of hydrogen-bond donors (Lipinski definition) is 2. The predicted molar refractivity (Wildman–Crippen MR) is 79.8 cm³/mol. The largest absolute Gasteiger partial charge is 0.308 e. The molecule has 2 aliphatic rings. The van der Waals surface area contributed by atoms with Crippen molar-refractivity contribution in [2.24, 2.45) is 11.8 Å². The molecule has 1 aromatic heterocycles. The van der Waals surface area contributed by atoms with Gasteiger partial charge in [-0.05, 0) is 18.8 Å². The number of nitrogens with zero attached hydrogens (tertiary/aromatic N) is 2. The van der Waals surface area contributed by atoms with Crippen molar-refractivity contribution in [3.63, 3.8) is 0 Å². The summed E-state index contributed by atoms with van der Waals surface area (Å²) >= 11 is 1.89. The van der Waals surface area contributed by atoms with Gasteiger partial charge in [0.2, 0.25) is 0 Å². The first-order chi connectivity index (χ1) is 9.31. The Balaban J connectivity index is 1.88. The van der Waals surface area contributed by atoms with Crippen LogP contribution in [0.15, 0.2) is 0 Å². The van der Waals surface area contributed by atoms with Gasteiger partial charge >= 0.3 is 0 Å². The molecule has 1 aliphatic heterocycles. The van der Waals surface area contributed by atoms with Gasteiger partial charge in [-0.25, -0.2) is 15.8 Å². The van der Waals surface area contributed by atoms with Crippen LogP contribution in [0.2, 0.25) is 0 Å². The molecule has 0 bridgehead atoms. The quantitative estimate of drug-likeness (QED) is 0.656. The van der Waals surface area contributed by atoms with Crippen LogP contribution in [-0.4, -0.2) is 9.97 Å². The first kappa shape index (κ1) is 13.2. The second-order valence-corrected chi connectivity index (χ2v) is 6.62. The van der Waals surface area contributed by atoms with E-state index in [0.717, 1.165) is 29.1 Å². The summed E-state index contributed by atoms with van der Waals surface area (Å²) in [4.78, 5) is 9.52. The number of rotatable bonds is 3. The highest BCUT2D eigenvalue weighted by molar-refractivity contribution is 7.98. The molecule has 2 atom stereocenters. The van der Waals surface area contributed by atoms with E-state index in [2.05, 4.69) is 12.3 Å². The summed E-state index contributed by atoms with van der Waals surface area (Å²) in [5, 5.41) is 0. The number of nitrogens with one attached hydrogen (secondary N) is 1. The lowest BCUT2D eigenvalue weighted by Crippen LogP contribution is -2.19. The zero-order valence-corrected chi connectivity index (χ0v) is 12.3. The average Bonchev–Trinajstić information content (AvgIpc) is 2.94. The van der Waals surface area contributed by atoms with Gasteiger partial charge in [-0.15, -0.1) is 0 Å². The molecule has 1 aliphatic carbocycles. The maximum Gasteiger partial charge on any atom is 0.148 e. The maximum atomic E-state index is 5.63. The molecule has 2 unspecified atom stereocenters. The Morgan fingerprint density at radius 3 is 3.00 bits per heavy atom. The molecule has 1 aromatic rings. The monoisotopic (exact) mass is 278 g/mol. The summed E-state index contributed by atoms with van der Waals surface area (Å²) in [6.45, 7) is 2.29. The van der Waals surface area contributed by atoms with Gasteiger partial charge in [0, 0.05) is 23.0 Å². The van der Waals surface area contributed by atoms with E-state index in [1.54, 1.807) is 0 Å².